The third-order valence-corrected chi connectivity index (χ3v) is 5.35. The maximum absolute atomic E-state index is 12.3. The fourth-order valence-electron chi connectivity index (χ4n) is 3.41. The number of carbonyl (C=O) groups is 1. The second-order valence-corrected chi connectivity index (χ2v) is 7.58. The molecule has 1 heterocycles. The van der Waals surface area contributed by atoms with Crippen LogP contribution in [0.2, 0.25) is 0 Å². The van der Waals surface area contributed by atoms with Crippen molar-refractivity contribution in [2.75, 3.05) is 6.61 Å². The van der Waals surface area contributed by atoms with E-state index in [1.807, 2.05) is 30.3 Å². The molecule has 1 N–H and O–H groups in total. The topological polar surface area (TPSA) is 47.6 Å². The third kappa shape index (κ3) is 3.58. The fraction of sp³-hybridized carbons (Fsp3) is 0.350. The molecule has 1 fully saturated rings. The Morgan fingerprint density at radius 3 is 2.80 bits per heavy atom. The summed E-state index contributed by atoms with van der Waals surface area (Å²) < 4.78 is 12.1. The molecule has 1 aliphatic heterocycles. The Hall–Kier alpha value is -1.85. The van der Waals surface area contributed by atoms with Crippen LogP contribution in [0, 0.1) is 0 Å². The summed E-state index contributed by atoms with van der Waals surface area (Å²) >= 11 is 3.60. The van der Waals surface area contributed by atoms with Gasteiger partial charge in [0.25, 0.3) is 0 Å². The molecule has 0 aromatic heterocycles. The molecule has 1 amide bonds. The summed E-state index contributed by atoms with van der Waals surface area (Å²) in [7, 11) is 0. The molecule has 2 aromatic carbocycles. The molecule has 5 heteroatoms. The first-order valence-electron chi connectivity index (χ1n) is 8.55. The van der Waals surface area contributed by atoms with Gasteiger partial charge in [0.05, 0.1) is 18.8 Å². The van der Waals surface area contributed by atoms with E-state index in [0.717, 1.165) is 41.5 Å². The lowest BCUT2D eigenvalue weighted by atomic mass is 9.92. The Morgan fingerprint density at radius 2 is 2.04 bits per heavy atom. The van der Waals surface area contributed by atoms with Gasteiger partial charge in [-0.1, -0.05) is 46.3 Å². The summed E-state index contributed by atoms with van der Waals surface area (Å²) in [5, 5.41) is 3.09. The van der Waals surface area contributed by atoms with Crippen LogP contribution in [0.15, 0.2) is 46.9 Å². The molecule has 0 saturated heterocycles. The number of fused-ring (bicyclic) bond motifs is 1. The zero-order chi connectivity index (χ0) is 17.3. The number of benzene rings is 2. The molecule has 2 aliphatic rings. The van der Waals surface area contributed by atoms with Crippen LogP contribution in [0.1, 0.15) is 35.1 Å². The molecule has 0 unspecified atom stereocenters. The number of carbonyl (C=O) groups excluding carboxylic acids is 1. The van der Waals surface area contributed by atoms with E-state index >= 15 is 0 Å². The first-order chi connectivity index (χ1) is 12.2. The van der Waals surface area contributed by atoms with Crippen molar-refractivity contribution in [2.24, 2.45) is 0 Å². The number of alkyl carbamates (subject to hydrolysis) is 1. The minimum Gasteiger partial charge on any atom is -0.445 e. The van der Waals surface area contributed by atoms with Gasteiger partial charge in [0, 0.05) is 4.47 Å². The molecule has 0 radical (unpaired) electrons. The van der Waals surface area contributed by atoms with E-state index in [1.165, 1.54) is 11.1 Å². The molecule has 25 heavy (non-hydrogen) atoms. The van der Waals surface area contributed by atoms with Crippen molar-refractivity contribution in [3.05, 3.63) is 69.2 Å². The largest absolute Gasteiger partial charge is 0.445 e. The maximum atomic E-state index is 12.3. The molecule has 4 nitrogen and oxygen atoms in total. The summed E-state index contributed by atoms with van der Waals surface area (Å²) in [4.78, 5) is 12.3. The van der Waals surface area contributed by atoms with Crippen molar-refractivity contribution in [2.45, 2.75) is 38.0 Å². The Morgan fingerprint density at radius 1 is 1.24 bits per heavy atom. The van der Waals surface area contributed by atoms with Crippen molar-refractivity contribution in [3.63, 3.8) is 0 Å². The highest BCUT2D eigenvalue weighted by Crippen LogP contribution is 2.48. The molecular weight excluding hydrogens is 382 g/mol. The summed E-state index contributed by atoms with van der Waals surface area (Å²) in [6, 6.07) is 14.0. The normalized spacial score (nSPS) is 17.5. The zero-order valence-corrected chi connectivity index (χ0v) is 15.5. The van der Waals surface area contributed by atoms with Crippen LogP contribution in [0.4, 0.5) is 4.79 Å². The van der Waals surface area contributed by atoms with Gasteiger partial charge in [0.15, 0.2) is 0 Å². The number of nitrogens with one attached hydrogen (secondary N) is 1. The van der Waals surface area contributed by atoms with Gasteiger partial charge < -0.3 is 14.8 Å². The van der Waals surface area contributed by atoms with Crippen LogP contribution < -0.4 is 5.32 Å². The number of halogens is 1. The first kappa shape index (κ1) is 16.6. The maximum Gasteiger partial charge on any atom is 0.408 e. The van der Waals surface area contributed by atoms with Gasteiger partial charge in [-0.3, -0.25) is 0 Å². The average molecular weight is 402 g/mol. The van der Waals surface area contributed by atoms with Crippen LogP contribution in [0.3, 0.4) is 0 Å². The Balaban J connectivity index is 1.49. The Labute approximate surface area is 155 Å². The number of hydrogen-bond donors (Lipinski definition) is 1. The van der Waals surface area contributed by atoms with Crippen LogP contribution >= 0.6 is 15.9 Å². The highest BCUT2D eigenvalue weighted by molar-refractivity contribution is 9.10. The van der Waals surface area contributed by atoms with E-state index in [9.17, 15) is 4.79 Å². The van der Waals surface area contributed by atoms with Gasteiger partial charge in [-0.05, 0) is 53.6 Å². The lowest BCUT2D eigenvalue weighted by Gasteiger charge is -2.26. The van der Waals surface area contributed by atoms with E-state index < -0.39 is 0 Å². The first-order valence-corrected chi connectivity index (χ1v) is 9.34. The van der Waals surface area contributed by atoms with Crippen LogP contribution in [0.25, 0.3) is 0 Å². The highest BCUT2D eigenvalue weighted by atomic mass is 79.9. The predicted octanol–water partition coefficient (Wildman–Crippen LogP) is 4.44. The van der Waals surface area contributed by atoms with E-state index in [-0.39, 0.29) is 18.2 Å². The standard InChI is InChI=1S/C20H20BrNO3/c21-16-10-15-6-9-24-13-17(15)18(11-16)20(7-8-20)22-19(23)25-12-14-4-2-1-3-5-14/h1-5,10-11H,6-9,12-13H2,(H,22,23). The number of rotatable bonds is 4. The number of amides is 1. The Bertz CT molecular complexity index is 787. The minimum atomic E-state index is -0.369. The molecule has 0 spiro atoms. The summed E-state index contributed by atoms with van der Waals surface area (Å²) in [6.45, 7) is 1.64. The summed E-state index contributed by atoms with van der Waals surface area (Å²) in [5.74, 6) is 0. The fourth-order valence-corrected chi connectivity index (χ4v) is 3.92. The second kappa shape index (κ2) is 6.81. The number of hydrogen-bond acceptors (Lipinski definition) is 3. The van der Waals surface area contributed by atoms with Gasteiger partial charge in [0.1, 0.15) is 6.61 Å². The molecule has 4 rings (SSSR count). The lowest BCUT2D eigenvalue weighted by Crippen LogP contribution is -2.36. The van der Waals surface area contributed by atoms with Gasteiger partial charge in [0.2, 0.25) is 0 Å². The quantitative estimate of drug-likeness (QED) is 0.823. The average Bonchev–Trinajstić information content (AvgIpc) is 3.40. The minimum absolute atomic E-state index is 0.280. The molecule has 2 aromatic rings. The van der Waals surface area contributed by atoms with Gasteiger partial charge in [-0.2, -0.15) is 0 Å². The van der Waals surface area contributed by atoms with Crippen molar-refractivity contribution < 1.29 is 14.3 Å². The molecular formula is C20H20BrNO3. The van der Waals surface area contributed by atoms with Gasteiger partial charge in [-0.25, -0.2) is 4.79 Å². The zero-order valence-electron chi connectivity index (χ0n) is 13.9. The molecule has 1 saturated carbocycles. The molecule has 130 valence electrons. The van der Waals surface area contributed by atoms with Gasteiger partial charge in [-0.15, -0.1) is 0 Å². The highest BCUT2D eigenvalue weighted by Gasteiger charge is 2.48. The summed E-state index contributed by atoms with van der Waals surface area (Å²) in [5.41, 5.74) is 4.35. The van der Waals surface area contributed by atoms with E-state index in [0.29, 0.717) is 6.61 Å². The summed E-state index contributed by atoms with van der Waals surface area (Å²) in [6.07, 6.45) is 2.40. The molecule has 0 bridgehead atoms. The second-order valence-electron chi connectivity index (χ2n) is 6.66. The van der Waals surface area contributed by atoms with E-state index in [1.54, 1.807) is 0 Å². The van der Waals surface area contributed by atoms with Gasteiger partial charge >= 0.3 is 6.09 Å². The van der Waals surface area contributed by atoms with E-state index in [2.05, 4.69) is 33.4 Å². The van der Waals surface area contributed by atoms with Crippen molar-refractivity contribution >= 4 is 22.0 Å². The van der Waals surface area contributed by atoms with Crippen LogP contribution in [-0.2, 0) is 34.6 Å². The molecule has 0 atom stereocenters. The lowest BCUT2D eigenvalue weighted by molar-refractivity contribution is 0.108. The monoisotopic (exact) mass is 401 g/mol. The van der Waals surface area contributed by atoms with Crippen LogP contribution in [-0.4, -0.2) is 12.7 Å². The third-order valence-electron chi connectivity index (χ3n) is 4.89. The smallest absolute Gasteiger partial charge is 0.408 e. The van der Waals surface area contributed by atoms with Crippen LogP contribution in [0.5, 0.6) is 0 Å². The van der Waals surface area contributed by atoms with E-state index in [4.69, 9.17) is 9.47 Å². The van der Waals surface area contributed by atoms with Crippen molar-refractivity contribution in [1.29, 1.82) is 0 Å². The number of ether oxygens (including phenoxy) is 2. The SMILES string of the molecule is O=C(NC1(c2cc(Br)cc3c2COCC3)CC1)OCc1ccccc1. The predicted molar refractivity (Wildman–Crippen MR) is 98.2 cm³/mol. The Kier molecular flexibility index (Phi) is 4.52. The van der Waals surface area contributed by atoms with Crippen molar-refractivity contribution in [1.82, 2.24) is 5.32 Å². The van der Waals surface area contributed by atoms with Crippen molar-refractivity contribution in [3.8, 4) is 0 Å². The molecule has 1 aliphatic carbocycles.